The van der Waals surface area contributed by atoms with Gasteiger partial charge in [-0.3, -0.25) is 0 Å². The molecule has 2 rings (SSSR count). The van der Waals surface area contributed by atoms with E-state index in [4.69, 9.17) is 0 Å². The lowest BCUT2D eigenvalue weighted by Gasteiger charge is -2.31. The molecule has 66 valence electrons. The number of nitrogens with zero attached hydrogens (tertiary/aromatic N) is 1. The van der Waals surface area contributed by atoms with Crippen molar-refractivity contribution in [3.63, 3.8) is 0 Å². The van der Waals surface area contributed by atoms with Gasteiger partial charge in [-0.2, -0.15) is 4.37 Å². The van der Waals surface area contributed by atoms with E-state index in [2.05, 4.69) is 20.3 Å². The molecule has 0 spiro atoms. The molecule has 4 heteroatoms. The molecule has 2 nitrogen and oxygen atoms in total. The molecule has 0 aliphatic heterocycles. The van der Waals surface area contributed by atoms with Gasteiger partial charge in [-0.25, -0.2) is 0 Å². The van der Waals surface area contributed by atoms with Crippen LogP contribution in [-0.2, 0) is 6.42 Å². The summed E-state index contributed by atoms with van der Waals surface area (Å²) in [5.41, 5.74) is 0. The molecule has 1 aliphatic rings. The van der Waals surface area contributed by atoms with Crippen LogP contribution < -0.4 is 0 Å². The van der Waals surface area contributed by atoms with Crippen LogP contribution in [-0.4, -0.2) is 15.6 Å². The Labute approximate surface area is 83.9 Å². The van der Waals surface area contributed by atoms with Crippen LogP contribution in [0.25, 0.3) is 0 Å². The summed E-state index contributed by atoms with van der Waals surface area (Å²) in [5, 5.41) is 9.37. The van der Waals surface area contributed by atoms with Gasteiger partial charge < -0.3 is 5.11 Å². The summed E-state index contributed by atoms with van der Waals surface area (Å²) in [4.78, 5) is 1.26. The van der Waals surface area contributed by atoms with Crippen LogP contribution in [0.2, 0.25) is 0 Å². The first-order valence-corrected chi connectivity index (χ1v) is 5.61. The lowest BCUT2D eigenvalue weighted by atomic mass is 9.79. The first-order valence-electron chi connectivity index (χ1n) is 4.04. The highest BCUT2D eigenvalue weighted by molar-refractivity contribution is 9.10. The second-order valence-electron chi connectivity index (χ2n) is 3.21. The first kappa shape index (κ1) is 8.66. The average molecular weight is 248 g/mol. The smallest absolute Gasteiger partial charge is 0.0572 e. The van der Waals surface area contributed by atoms with Gasteiger partial charge in [-0.15, -0.1) is 0 Å². The molecule has 1 saturated carbocycles. The summed E-state index contributed by atoms with van der Waals surface area (Å²) in [6.07, 6.45) is 4.86. The summed E-state index contributed by atoms with van der Waals surface area (Å²) in [5.74, 6) is 0.474. The molecule has 1 aromatic rings. The minimum atomic E-state index is -0.0704. The van der Waals surface area contributed by atoms with Gasteiger partial charge in [0.25, 0.3) is 0 Å². The first-order chi connectivity index (χ1) is 5.77. The molecule has 1 N–H and O–H groups in total. The summed E-state index contributed by atoms with van der Waals surface area (Å²) >= 11 is 4.96. The SMILES string of the molecule is OC1CCC1Cc1sncc1Br. The Bertz CT molecular complexity index is 276. The number of rotatable bonds is 2. The largest absolute Gasteiger partial charge is 0.393 e. The van der Waals surface area contributed by atoms with Crippen LogP contribution in [0, 0.1) is 5.92 Å². The summed E-state index contributed by atoms with van der Waals surface area (Å²) in [6.45, 7) is 0. The molecule has 0 bridgehead atoms. The Hall–Kier alpha value is 0.0700. The second kappa shape index (κ2) is 3.44. The molecule has 0 radical (unpaired) electrons. The van der Waals surface area contributed by atoms with Gasteiger partial charge in [-0.05, 0) is 52.6 Å². The Morgan fingerprint density at radius 1 is 1.67 bits per heavy atom. The van der Waals surface area contributed by atoms with Crippen molar-refractivity contribution in [2.24, 2.45) is 5.92 Å². The predicted octanol–water partition coefficient (Wildman–Crippen LogP) is 2.22. The van der Waals surface area contributed by atoms with Gasteiger partial charge in [0, 0.05) is 4.88 Å². The van der Waals surface area contributed by atoms with Crippen molar-refractivity contribution < 1.29 is 5.11 Å². The van der Waals surface area contributed by atoms with Crippen molar-refractivity contribution in [1.29, 1.82) is 0 Å². The van der Waals surface area contributed by atoms with Gasteiger partial charge in [0.2, 0.25) is 0 Å². The van der Waals surface area contributed by atoms with Crippen LogP contribution >= 0.6 is 27.5 Å². The van der Waals surface area contributed by atoms with Gasteiger partial charge in [0.05, 0.1) is 16.8 Å². The number of aliphatic hydroxyl groups excluding tert-OH is 1. The fourth-order valence-electron chi connectivity index (χ4n) is 1.41. The zero-order chi connectivity index (χ0) is 8.55. The average Bonchev–Trinajstić information content (AvgIpc) is 2.44. The van der Waals surface area contributed by atoms with E-state index >= 15 is 0 Å². The minimum Gasteiger partial charge on any atom is -0.393 e. The molecular formula is C8H10BrNOS. The van der Waals surface area contributed by atoms with Gasteiger partial charge in [-0.1, -0.05) is 0 Å². The molecule has 1 aliphatic carbocycles. The molecule has 0 saturated heterocycles. The zero-order valence-electron chi connectivity index (χ0n) is 6.53. The van der Waals surface area contributed by atoms with Crippen LogP contribution in [0.5, 0.6) is 0 Å². The van der Waals surface area contributed by atoms with Gasteiger partial charge in [0.1, 0.15) is 0 Å². The molecule has 0 amide bonds. The van der Waals surface area contributed by atoms with E-state index in [1.807, 2.05) is 6.20 Å². The van der Waals surface area contributed by atoms with Crippen molar-refractivity contribution in [1.82, 2.24) is 4.37 Å². The Kier molecular flexibility index (Phi) is 2.48. The van der Waals surface area contributed by atoms with Crippen molar-refractivity contribution in [2.75, 3.05) is 0 Å². The van der Waals surface area contributed by atoms with E-state index in [9.17, 15) is 5.11 Å². The number of hydrogen-bond acceptors (Lipinski definition) is 3. The number of aromatic nitrogens is 1. The Morgan fingerprint density at radius 2 is 2.50 bits per heavy atom. The fraction of sp³-hybridized carbons (Fsp3) is 0.625. The van der Waals surface area contributed by atoms with Gasteiger partial charge in [0.15, 0.2) is 0 Å². The van der Waals surface area contributed by atoms with Gasteiger partial charge >= 0.3 is 0 Å². The maximum absolute atomic E-state index is 9.37. The lowest BCUT2D eigenvalue weighted by molar-refractivity contribution is 0.0248. The normalized spacial score (nSPS) is 28.5. The molecule has 2 atom stereocenters. The number of halogens is 1. The number of hydrogen-bond donors (Lipinski definition) is 1. The van der Waals surface area contributed by atoms with E-state index < -0.39 is 0 Å². The lowest BCUT2D eigenvalue weighted by Crippen LogP contribution is -2.32. The van der Waals surface area contributed by atoms with Crippen LogP contribution in [0.1, 0.15) is 17.7 Å². The Morgan fingerprint density at radius 3 is 2.92 bits per heavy atom. The van der Waals surface area contributed by atoms with Crippen LogP contribution in [0.3, 0.4) is 0 Å². The standard InChI is InChI=1S/C8H10BrNOS/c9-6-4-10-12-8(6)3-5-1-2-7(5)11/h4-5,7,11H,1-3H2. The van der Waals surface area contributed by atoms with Crippen molar-refractivity contribution in [3.05, 3.63) is 15.5 Å². The third kappa shape index (κ3) is 1.56. The monoisotopic (exact) mass is 247 g/mol. The summed E-state index contributed by atoms with van der Waals surface area (Å²) < 4.78 is 5.16. The van der Waals surface area contributed by atoms with E-state index in [0.29, 0.717) is 5.92 Å². The van der Waals surface area contributed by atoms with E-state index in [-0.39, 0.29) is 6.10 Å². The maximum Gasteiger partial charge on any atom is 0.0572 e. The van der Waals surface area contributed by atoms with Crippen LogP contribution in [0.15, 0.2) is 10.7 Å². The predicted molar refractivity (Wildman–Crippen MR) is 52.2 cm³/mol. The number of aliphatic hydroxyl groups is 1. The van der Waals surface area contributed by atoms with E-state index in [1.165, 1.54) is 16.4 Å². The highest BCUT2D eigenvalue weighted by atomic mass is 79.9. The second-order valence-corrected chi connectivity index (χ2v) is 4.95. The van der Waals surface area contributed by atoms with E-state index in [1.54, 1.807) is 0 Å². The van der Waals surface area contributed by atoms with Crippen molar-refractivity contribution in [3.8, 4) is 0 Å². The summed E-state index contributed by atoms with van der Waals surface area (Å²) in [7, 11) is 0. The zero-order valence-corrected chi connectivity index (χ0v) is 8.94. The molecule has 1 heterocycles. The highest BCUT2D eigenvalue weighted by Crippen LogP contribution is 2.33. The van der Waals surface area contributed by atoms with Crippen LogP contribution in [0.4, 0.5) is 0 Å². The Balaban J connectivity index is 1.99. The quantitative estimate of drug-likeness (QED) is 0.870. The molecule has 0 aromatic carbocycles. The molecule has 2 unspecified atom stereocenters. The topological polar surface area (TPSA) is 33.1 Å². The maximum atomic E-state index is 9.37. The highest BCUT2D eigenvalue weighted by Gasteiger charge is 2.29. The summed E-state index contributed by atoms with van der Waals surface area (Å²) in [6, 6.07) is 0. The molecular weight excluding hydrogens is 238 g/mol. The molecule has 1 aromatic heterocycles. The fourth-order valence-corrected chi connectivity index (χ4v) is 2.75. The van der Waals surface area contributed by atoms with Crippen molar-refractivity contribution in [2.45, 2.75) is 25.4 Å². The van der Waals surface area contributed by atoms with E-state index in [0.717, 1.165) is 23.7 Å². The molecule has 1 fully saturated rings. The third-order valence-corrected chi connectivity index (χ3v) is 4.18. The molecule has 12 heavy (non-hydrogen) atoms. The third-order valence-electron chi connectivity index (χ3n) is 2.42. The van der Waals surface area contributed by atoms with Crippen molar-refractivity contribution >= 4 is 27.5 Å². The minimum absolute atomic E-state index is 0.0704.